The molecule has 0 fully saturated rings. The fraction of sp³-hybridized carbons (Fsp3) is 0.0625. The Labute approximate surface area is 133 Å². The maximum atomic E-state index is 13.1. The van der Waals surface area contributed by atoms with E-state index in [1.807, 2.05) is 0 Å². The number of carbonyl (C=O) groups is 1. The summed E-state index contributed by atoms with van der Waals surface area (Å²) in [5.74, 6) is -1.43. The Bertz CT molecular complexity index is 903. The van der Waals surface area contributed by atoms with Gasteiger partial charge in [-0.25, -0.2) is 4.79 Å². The van der Waals surface area contributed by atoms with Gasteiger partial charge in [0.25, 0.3) is 5.89 Å². The van der Waals surface area contributed by atoms with Gasteiger partial charge in [0.05, 0.1) is 11.1 Å². The molecule has 1 N–H and O–H groups in total. The molecular weight excluding hydrogens is 325 g/mol. The van der Waals surface area contributed by atoms with Crippen molar-refractivity contribution in [1.82, 2.24) is 10.1 Å². The molecule has 0 atom stereocenters. The van der Waals surface area contributed by atoms with Crippen molar-refractivity contribution in [3.8, 4) is 22.8 Å². The Morgan fingerprint density at radius 3 is 2.54 bits per heavy atom. The molecule has 0 aliphatic rings. The van der Waals surface area contributed by atoms with E-state index >= 15 is 0 Å². The fourth-order valence-corrected chi connectivity index (χ4v) is 2.16. The van der Waals surface area contributed by atoms with E-state index in [0.29, 0.717) is 5.56 Å². The maximum Gasteiger partial charge on any atom is 0.417 e. The first-order chi connectivity index (χ1) is 11.4. The zero-order valence-corrected chi connectivity index (χ0v) is 11.9. The van der Waals surface area contributed by atoms with Crippen LogP contribution in [0.2, 0.25) is 0 Å². The maximum absolute atomic E-state index is 13.1. The molecule has 0 spiro atoms. The third-order valence-electron chi connectivity index (χ3n) is 3.26. The van der Waals surface area contributed by atoms with Crippen molar-refractivity contribution in [2.75, 3.05) is 0 Å². The highest BCUT2D eigenvalue weighted by Crippen LogP contribution is 2.36. The molecule has 5 nitrogen and oxygen atoms in total. The van der Waals surface area contributed by atoms with E-state index in [-0.39, 0.29) is 22.8 Å². The highest BCUT2D eigenvalue weighted by atomic mass is 19.4. The Kier molecular flexibility index (Phi) is 3.80. The van der Waals surface area contributed by atoms with Crippen LogP contribution in [0.3, 0.4) is 0 Å². The molecule has 0 amide bonds. The van der Waals surface area contributed by atoms with E-state index < -0.39 is 17.7 Å². The average Bonchev–Trinajstić information content (AvgIpc) is 3.04. The molecular formula is C16H9F3N2O3. The van der Waals surface area contributed by atoms with Gasteiger partial charge in [0.15, 0.2) is 0 Å². The second-order valence-electron chi connectivity index (χ2n) is 4.85. The fourth-order valence-electron chi connectivity index (χ4n) is 2.16. The number of rotatable bonds is 3. The molecule has 0 saturated carbocycles. The molecule has 1 aromatic heterocycles. The molecule has 3 aromatic rings. The third kappa shape index (κ3) is 2.98. The van der Waals surface area contributed by atoms with Crippen LogP contribution < -0.4 is 0 Å². The molecule has 0 aliphatic heterocycles. The molecule has 3 rings (SSSR count). The Morgan fingerprint density at radius 1 is 1.08 bits per heavy atom. The number of hydrogen-bond donors (Lipinski definition) is 1. The van der Waals surface area contributed by atoms with Crippen molar-refractivity contribution in [3.05, 3.63) is 59.7 Å². The summed E-state index contributed by atoms with van der Waals surface area (Å²) in [6.07, 6.45) is -4.55. The van der Waals surface area contributed by atoms with Crippen LogP contribution >= 0.6 is 0 Å². The second-order valence-corrected chi connectivity index (χ2v) is 4.85. The number of hydrogen-bond acceptors (Lipinski definition) is 4. The van der Waals surface area contributed by atoms with Crippen molar-refractivity contribution < 1.29 is 27.6 Å². The van der Waals surface area contributed by atoms with E-state index in [1.54, 1.807) is 0 Å². The van der Waals surface area contributed by atoms with Gasteiger partial charge in [-0.1, -0.05) is 29.4 Å². The Balaban J connectivity index is 2.04. The average molecular weight is 334 g/mol. The predicted molar refractivity (Wildman–Crippen MR) is 77.1 cm³/mol. The van der Waals surface area contributed by atoms with Crippen LogP contribution in [0.5, 0.6) is 0 Å². The summed E-state index contributed by atoms with van der Waals surface area (Å²) in [4.78, 5) is 14.9. The van der Waals surface area contributed by atoms with Crippen molar-refractivity contribution in [2.24, 2.45) is 0 Å². The van der Waals surface area contributed by atoms with Crippen molar-refractivity contribution in [3.63, 3.8) is 0 Å². The van der Waals surface area contributed by atoms with Crippen LogP contribution in [0.4, 0.5) is 13.2 Å². The molecule has 122 valence electrons. The standard InChI is InChI=1S/C16H9F3N2O3/c17-16(18,19)12-7-2-1-6-11(12)13-20-14(24-21-13)9-4-3-5-10(8-9)15(22)23/h1-8H,(H,22,23). The summed E-state index contributed by atoms with van der Waals surface area (Å²) >= 11 is 0. The van der Waals surface area contributed by atoms with Crippen LogP contribution in [0.25, 0.3) is 22.8 Å². The smallest absolute Gasteiger partial charge is 0.417 e. The molecule has 1 heterocycles. The first-order valence-corrected chi connectivity index (χ1v) is 6.70. The summed E-state index contributed by atoms with van der Waals surface area (Å²) in [6, 6.07) is 10.6. The molecule has 0 radical (unpaired) electrons. The van der Waals surface area contributed by atoms with Gasteiger partial charge in [-0.3, -0.25) is 0 Å². The number of carboxylic acid groups (broad SMARTS) is 1. The predicted octanol–water partition coefficient (Wildman–Crippen LogP) is 4.12. The number of nitrogens with zero attached hydrogens (tertiary/aromatic N) is 2. The SMILES string of the molecule is O=C(O)c1cccc(-c2nc(-c3ccccc3C(F)(F)F)no2)c1. The van der Waals surface area contributed by atoms with Gasteiger partial charge in [0, 0.05) is 11.1 Å². The van der Waals surface area contributed by atoms with E-state index in [2.05, 4.69) is 10.1 Å². The molecule has 8 heteroatoms. The van der Waals surface area contributed by atoms with Crippen LogP contribution in [-0.2, 0) is 6.18 Å². The summed E-state index contributed by atoms with van der Waals surface area (Å²) in [7, 11) is 0. The number of alkyl halides is 3. The molecule has 0 bridgehead atoms. The minimum absolute atomic E-state index is 0.00272. The minimum Gasteiger partial charge on any atom is -0.478 e. The highest BCUT2D eigenvalue weighted by molar-refractivity contribution is 5.89. The summed E-state index contributed by atoms with van der Waals surface area (Å²) in [5, 5.41) is 12.6. The Morgan fingerprint density at radius 2 is 1.83 bits per heavy atom. The van der Waals surface area contributed by atoms with Crippen LogP contribution in [0, 0.1) is 0 Å². The highest BCUT2D eigenvalue weighted by Gasteiger charge is 2.34. The normalized spacial score (nSPS) is 11.5. The van der Waals surface area contributed by atoms with E-state index in [4.69, 9.17) is 9.63 Å². The number of aromatic carboxylic acids is 1. The van der Waals surface area contributed by atoms with Crippen molar-refractivity contribution >= 4 is 5.97 Å². The lowest BCUT2D eigenvalue weighted by Crippen LogP contribution is -2.07. The van der Waals surface area contributed by atoms with Gasteiger partial charge in [0.1, 0.15) is 0 Å². The number of carboxylic acids is 1. The van der Waals surface area contributed by atoms with Gasteiger partial charge in [-0.2, -0.15) is 18.2 Å². The van der Waals surface area contributed by atoms with Crippen molar-refractivity contribution in [2.45, 2.75) is 6.18 Å². The van der Waals surface area contributed by atoms with E-state index in [0.717, 1.165) is 6.07 Å². The lowest BCUT2D eigenvalue weighted by Gasteiger charge is -2.09. The topological polar surface area (TPSA) is 76.2 Å². The molecule has 0 saturated heterocycles. The van der Waals surface area contributed by atoms with Crippen molar-refractivity contribution in [1.29, 1.82) is 0 Å². The molecule has 24 heavy (non-hydrogen) atoms. The third-order valence-corrected chi connectivity index (χ3v) is 3.26. The van der Waals surface area contributed by atoms with Gasteiger partial charge in [0.2, 0.25) is 5.82 Å². The lowest BCUT2D eigenvalue weighted by molar-refractivity contribution is -0.137. The Hall–Kier alpha value is -3.16. The summed E-state index contributed by atoms with van der Waals surface area (Å²) in [6.45, 7) is 0. The van der Waals surface area contributed by atoms with Gasteiger partial charge in [-0.05, 0) is 24.3 Å². The van der Waals surface area contributed by atoms with E-state index in [1.165, 1.54) is 42.5 Å². The zero-order valence-electron chi connectivity index (χ0n) is 11.9. The summed E-state index contributed by atoms with van der Waals surface area (Å²) < 4.78 is 44.1. The van der Waals surface area contributed by atoms with Crippen LogP contribution in [0.15, 0.2) is 53.1 Å². The number of benzene rings is 2. The summed E-state index contributed by atoms with van der Waals surface area (Å²) in [5.41, 5.74) is -0.785. The monoisotopic (exact) mass is 334 g/mol. The largest absolute Gasteiger partial charge is 0.478 e. The van der Waals surface area contributed by atoms with Gasteiger partial charge in [-0.15, -0.1) is 0 Å². The minimum atomic E-state index is -4.55. The number of aromatic nitrogens is 2. The first-order valence-electron chi connectivity index (χ1n) is 6.70. The second kappa shape index (κ2) is 5.80. The molecule has 2 aromatic carbocycles. The van der Waals surface area contributed by atoms with Crippen LogP contribution in [-0.4, -0.2) is 21.2 Å². The quantitative estimate of drug-likeness (QED) is 0.780. The van der Waals surface area contributed by atoms with Gasteiger partial charge >= 0.3 is 12.1 Å². The first kappa shape index (κ1) is 15.7. The lowest BCUT2D eigenvalue weighted by atomic mass is 10.1. The molecule has 0 aliphatic carbocycles. The van der Waals surface area contributed by atoms with E-state index in [9.17, 15) is 18.0 Å². The van der Waals surface area contributed by atoms with Gasteiger partial charge < -0.3 is 9.63 Å². The zero-order chi connectivity index (χ0) is 17.3. The number of halogens is 3. The molecule has 0 unspecified atom stereocenters. The van der Waals surface area contributed by atoms with Crippen LogP contribution in [0.1, 0.15) is 15.9 Å².